The van der Waals surface area contributed by atoms with Gasteiger partial charge in [-0.15, -0.1) is 0 Å². The molecule has 19 N–H and O–H groups in total. The van der Waals surface area contributed by atoms with Gasteiger partial charge in [0.1, 0.15) is 140 Å². The van der Waals surface area contributed by atoms with Crippen molar-refractivity contribution in [2.45, 2.75) is 212 Å². The molecule has 3 amide bonds. The van der Waals surface area contributed by atoms with Crippen LogP contribution in [0.3, 0.4) is 0 Å². The van der Waals surface area contributed by atoms with Gasteiger partial charge in [-0.1, -0.05) is 0 Å². The Labute approximate surface area is 426 Å². The van der Waals surface area contributed by atoms with Gasteiger partial charge in [0.05, 0.1) is 39.1 Å². The molecule has 0 spiro atoms. The molecule has 0 radical (unpaired) electrons. The van der Waals surface area contributed by atoms with Crippen molar-refractivity contribution in [3.8, 4) is 0 Å². The highest BCUT2D eigenvalue weighted by atomic mass is 16.8. The Kier molecular flexibility index (Phi) is 21.8. The van der Waals surface area contributed by atoms with Crippen molar-refractivity contribution in [1.29, 1.82) is 0 Å². The summed E-state index contributed by atoms with van der Waals surface area (Å²) < 4.78 is 63.7. The summed E-state index contributed by atoms with van der Waals surface area (Å²) in [6.45, 7) is -0.201. The van der Waals surface area contributed by atoms with Crippen molar-refractivity contribution in [1.82, 2.24) is 16.0 Å². The lowest BCUT2D eigenvalue weighted by molar-refractivity contribution is -0.392. The molecule has 6 aliphatic heterocycles. The summed E-state index contributed by atoms with van der Waals surface area (Å²) in [5.74, 6) is -2.36. The zero-order valence-electron chi connectivity index (χ0n) is 40.7. The Bertz CT molecular complexity index is 1850. The lowest BCUT2D eigenvalue weighted by atomic mass is 9.93. The summed E-state index contributed by atoms with van der Waals surface area (Å²) in [6, 6.07) is -5.01. The third-order valence-corrected chi connectivity index (χ3v) is 13.6. The van der Waals surface area contributed by atoms with E-state index in [4.69, 9.17) is 52.1 Å². The van der Waals surface area contributed by atoms with Crippen molar-refractivity contribution in [3.63, 3.8) is 0 Å². The number of hydrogen-bond donors (Lipinski definition) is 19. The number of hydrogen-bond acceptors (Lipinski definition) is 30. The van der Waals surface area contributed by atoms with Gasteiger partial charge in [0.15, 0.2) is 37.7 Å². The second-order valence-electron chi connectivity index (χ2n) is 19.0. The summed E-state index contributed by atoms with van der Waals surface area (Å²) in [7, 11) is 0. The average Bonchev–Trinajstić information content (AvgIpc) is 3.36. The molecule has 0 unspecified atom stereocenters. The van der Waals surface area contributed by atoms with E-state index >= 15 is 0 Å². The highest BCUT2D eigenvalue weighted by Gasteiger charge is 2.58. The molecule has 0 aromatic rings. The van der Waals surface area contributed by atoms with E-state index in [-0.39, 0.29) is 0 Å². The minimum Gasteiger partial charge on any atom is -0.394 e. The lowest BCUT2D eigenvalue weighted by Gasteiger charge is -2.50. The fraction of sp³-hybridized carbons (Fsp3) is 0.929. The molecule has 6 aliphatic rings. The van der Waals surface area contributed by atoms with Crippen LogP contribution in [0.5, 0.6) is 0 Å². The SMILES string of the molecule is CC(=O)N[C@@H]1[C@@H](O)[C@H](O[C@@H]2O[C@H](CO)[C@@H](O[C@@H]3O[C@H](CO)[C@@H](O)[C@H](O[C@@H]4O[C@H](CO)[C@@H](O)[C@H](O)[C@@H]4O[C@@H]4O[C@H](CO)[C@@H](O)[C@H](O)[C@H]4NC(C)=O)[C@@H]3O)[C@H](O)[C@H]2NC(C)=O)[C@@H](CO[C@@H]2O[C@@H](C)[C@@H](O)[C@@H](O)[C@@H]2O)O[C@H]1O. The van der Waals surface area contributed by atoms with E-state index in [2.05, 4.69) is 16.0 Å². The predicted octanol–water partition coefficient (Wildman–Crippen LogP) is -12.6. The van der Waals surface area contributed by atoms with Crippen molar-refractivity contribution < 1.29 is 148 Å². The molecule has 0 aromatic heterocycles. The number of carbonyl (C=O) groups excluding carboxylic acids is 3. The number of amides is 3. The Hall–Kier alpha value is -2.67. The highest BCUT2D eigenvalue weighted by Crippen LogP contribution is 2.36. The van der Waals surface area contributed by atoms with Gasteiger partial charge in [-0.2, -0.15) is 0 Å². The molecular formula is C42H71N3O30. The first kappa shape index (κ1) is 61.5. The first-order valence-electron chi connectivity index (χ1n) is 23.9. The summed E-state index contributed by atoms with van der Waals surface area (Å²) >= 11 is 0. The Balaban J connectivity index is 1.25. The van der Waals surface area contributed by atoms with Crippen LogP contribution in [0.1, 0.15) is 27.7 Å². The van der Waals surface area contributed by atoms with Crippen molar-refractivity contribution >= 4 is 17.7 Å². The van der Waals surface area contributed by atoms with Crippen molar-refractivity contribution in [2.24, 2.45) is 0 Å². The van der Waals surface area contributed by atoms with Crippen LogP contribution in [0, 0.1) is 0 Å². The topological polar surface area (TPSA) is 513 Å². The van der Waals surface area contributed by atoms with Crippen molar-refractivity contribution in [2.75, 3.05) is 33.0 Å². The zero-order valence-corrected chi connectivity index (χ0v) is 40.7. The minimum atomic E-state index is -2.25. The smallest absolute Gasteiger partial charge is 0.217 e. The molecule has 0 saturated carbocycles. The number of carbonyl (C=O) groups is 3. The molecule has 6 rings (SSSR count). The van der Waals surface area contributed by atoms with Crippen LogP contribution in [-0.4, -0.2) is 317 Å². The maximum atomic E-state index is 12.7. The molecule has 434 valence electrons. The van der Waals surface area contributed by atoms with Crippen LogP contribution in [-0.2, 0) is 66.5 Å². The van der Waals surface area contributed by atoms with E-state index in [1.165, 1.54) is 6.92 Å². The number of ether oxygens (including phenoxy) is 11. The number of aliphatic hydroxyl groups is 16. The zero-order chi connectivity index (χ0) is 55.5. The lowest BCUT2D eigenvalue weighted by Crippen LogP contribution is -2.70. The average molecular weight is 1100 g/mol. The first-order valence-corrected chi connectivity index (χ1v) is 23.9. The molecular weight excluding hydrogens is 1030 g/mol. The number of rotatable bonds is 18. The van der Waals surface area contributed by atoms with Crippen molar-refractivity contribution in [3.05, 3.63) is 0 Å². The van der Waals surface area contributed by atoms with Gasteiger partial charge in [-0.25, -0.2) is 0 Å². The molecule has 33 heteroatoms. The number of aliphatic hydroxyl groups excluding tert-OH is 16. The highest BCUT2D eigenvalue weighted by molar-refractivity contribution is 5.74. The van der Waals surface area contributed by atoms with Gasteiger partial charge in [0, 0.05) is 20.8 Å². The standard InChI is InChI=1S/C42H71N3O30/c1-10-22(53)29(60)31(62)40(66-10)65-9-18-34(27(58)19(37(64)67-18)43-11(2)50)72-39-21(45-13(4)52)28(59)33(17(8-49)71-39)73-41-32(63)35(25(56)16(7-48)69-41)74-42-36(30(61)24(55)15(6-47)70-42)75-38-20(44-12(3)51)26(57)23(54)14(5-46)68-38/h10,14-42,46-49,53-64H,5-9H2,1-4H3,(H,43,50)(H,44,51)(H,45,52)/t10-,14+,15+,16+,17+,18+,19+,20+,21+,22+,23+,24+,25+,26+,27+,28+,29+,30-,31-,32-,33+,34+,35-,36-,37+,38-,39-,40+,41-,42-/m0/s1. The monoisotopic (exact) mass is 1100 g/mol. The molecule has 0 bridgehead atoms. The molecule has 33 nitrogen and oxygen atoms in total. The largest absolute Gasteiger partial charge is 0.394 e. The van der Waals surface area contributed by atoms with Gasteiger partial charge >= 0.3 is 0 Å². The van der Waals surface area contributed by atoms with E-state index in [1.807, 2.05) is 0 Å². The molecule has 0 aliphatic carbocycles. The quantitative estimate of drug-likeness (QED) is 0.0606. The van der Waals surface area contributed by atoms with Crippen LogP contribution in [0.4, 0.5) is 0 Å². The van der Waals surface area contributed by atoms with Crippen LogP contribution < -0.4 is 16.0 Å². The predicted molar refractivity (Wildman–Crippen MR) is 233 cm³/mol. The Morgan fingerprint density at radius 2 is 0.800 bits per heavy atom. The van der Waals surface area contributed by atoms with Crippen LogP contribution in [0.25, 0.3) is 0 Å². The molecule has 6 heterocycles. The Morgan fingerprint density at radius 3 is 1.36 bits per heavy atom. The molecule has 75 heavy (non-hydrogen) atoms. The maximum Gasteiger partial charge on any atom is 0.217 e. The summed E-state index contributed by atoms with van der Waals surface area (Å²) in [6.07, 6.45) is -49.7. The minimum absolute atomic E-state index is 0.724. The molecule has 30 atom stereocenters. The number of nitrogens with one attached hydrogen (secondary N) is 3. The fourth-order valence-corrected chi connectivity index (χ4v) is 9.55. The van der Waals surface area contributed by atoms with E-state index in [0.717, 1.165) is 20.8 Å². The second-order valence-corrected chi connectivity index (χ2v) is 19.0. The molecule has 6 saturated heterocycles. The summed E-state index contributed by atoms with van der Waals surface area (Å²) in [5, 5.41) is 180. The van der Waals surface area contributed by atoms with Gasteiger partial charge in [-0.05, 0) is 6.92 Å². The third kappa shape index (κ3) is 13.7. The second kappa shape index (κ2) is 26.5. The van der Waals surface area contributed by atoms with Crippen LogP contribution in [0.15, 0.2) is 0 Å². The van der Waals surface area contributed by atoms with E-state index in [9.17, 15) is 96.1 Å². The molecule has 0 aromatic carbocycles. The fourth-order valence-electron chi connectivity index (χ4n) is 9.55. The van der Waals surface area contributed by atoms with Gasteiger partial charge < -0.3 is 150 Å². The van der Waals surface area contributed by atoms with Gasteiger partial charge in [-0.3, -0.25) is 14.4 Å². The Morgan fingerprint density at radius 1 is 0.373 bits per heavy atom. The van der Waals surface area contributed by atoms with E-state index in [1.54, 1.807) is 0 Å². The normalized spacial score (nSPS) is 48.6. The summed E-state index contributed by atoms with van der Waals surface area (Å²) in [5.41, 5.74) is 0. The first-order chi connectivity index (χ1) is 35.4. The van der Waals surface area contributed by atoms with Gasteiger partial charge in [0.25, 0.3) is 0 Å². The molecule has 6 fully saturated rings. The van der Waals surface area contributed by atoms with E-state index in [0.29, 0.717) is 0 Å². The van der Waals surface area contributed by atoms with Crippen LogP contribution >= 0.6 is 0 Å². The summed E-state index contributed by atoms with van der Waals surface area (Å²) in [4.78, 5) is 36.9. The maximum absolute atomic E-state index is 12.7. The van der Waals surface area contributed by atoms with Crippen LogP contribution in [0.2, 0.25) is 0 Å². The van der Waals surface area contributed by atoms with Gasteiger partial charge in [0.2, 0.25) is 17.7 Å². The third-order valence-electron chi connectivity index (χ3n) is 13.6. The van der Waals surface area contributed by atoms with E-state index < -0.39 is 235 Å².